The zero-order chi connectivity index (χ0) is 12.3. The van der Waals surface area contributed by atoms with Crippen molar-refractivity contribution in [2.45, 2.75) is 51.4 Å². The molecular weight excluding hydrogens is 220 g/mol. The Morgan fingerprint density at radius 3 is 2.12 bits per heavy atom. The molecule has 98 valence electrons. The van der Waals surface area contributed by atoms with E-state index in [1.165, 1.54) is 6.04 Å². The van der Waals surface area contributed by atoms with E-state index in [-0.39, 0.29) is 0 Å². The number of rotatable bonds is 11. The predicted octanol–water partition coefficient (Wildman–Crippen LogP) is 2.87. The maximum absolute atomic E-state index is 8.58. The molecule has 0 aromatic heterocycles. The second-order valence-corrected chi connectivity index (χ2v) is 11.0. The second-order valence-electron chi connectivity index (χ2n) is 5.38. The molecule has 0 aliphatic heterocycles. The average Bonchev–Trinajstić information content (AvgIpc) is 2.19. The summed E-state index contributed by atoms with van der Waals surface area (Å²) in [6, 6.07) is 1.20. The number of hydrogen-bond donors (Lipinski definition) is 1. The van der Waals surface area contributed by atoms with Crippen LogP contribution in [-0.2, 0) is 9.47 Å². The van der Waals surface area contributed by atoms with Crippen molar-refractivity contribution in [2.24, 2.45) is 0 Å². The van der Waals surface area contributed by atoms with Crippen molar-refractivity contribution in [3.8, 4) is 0 Å². The van der Waals surface area contributed by atoms with Crippen molar-refractivity contribution in [2.75, 3.05) is 26.6 Å². The number of hydrogen-bond acceptors (Lipinski definition) is 3. The molecule has 16 heavy (non-hydrogen) atoms. The molecule has 0 saturated heterocycles. The highest BCUT2D eigenvalue weighted by molar-refractivity contribution is 6.76. The minimum absolute atomic E-state index is 0.306. The van der Waals surface area contributed by atoms with Crippen molar-refractivity contribution in [1.82, 2.24) is 0 Å². The summed E-state index contributed by atoms with van der Waals surface area (Å²) in [7, 11) is -0.952. The van der Waals surface area contributed by atoms with Crippen LogP contribution in [0.15, 0.2) is 0 Å². The predicted molar refractivity (Wildman–Crippen MR) is 70.5 cm³/mol. The Balaban J connectivity index is 2.99. The van der Waals surface area contributed by atoms with E-state index in [0.29, 0.717) is 13.4 Å². The van der Waals surface area contributed by atoms with Crippen LogP contribution in [0.5, 0.6) is 0 Å². The fraction of sp³-hybridized carbons (Fsp3) is 1.00. The first-order chi connectivity index (χ1) is 7.56. The third-order valence-corrected chi connectivity index (χ3v) is 4.06. The van der Waals surface area contributed by atoms with Crippen LogP contribution in [0, 0.1) is 0 Å². The van der Waals surface area contributed by atoms with Crippen molar-refractivity contribution in [1.29, 1.82) is 0 Å². The molecule has 0 heterocycles. The lowest BCUT2D eigenvalue weighted by Gasteiger charge is -2.15. The molecule has 0 aromatic rings. The molecule has 1 N–H and O–H groups in total. The highest BCUT2D eigenvalue weighted by Crippen LogP contribution is 2.07. The van der Waals surface area contributed by atoms with Crippen molar-refractivity contribution < 1.29 is 14.6 Å². The smallest absolute Gasteiger partial charge is 0.146 e. The highest BCUT2D eigenvalue weighted by atomic mass is 28.3. The van der Waals surface area contributed by atoms with Crippen LogP contribution in [0.2, 0.25) is 25.7 Å². The average molecular weight is 248 g/mol. The third kappa shape index (κ3) is 14.1. The van der Waals surface area contributed by atoms with Crippen LogP contribution in [0.25, 0.3) is 0 Å². The van der Waals surface area contributed by atoms with Crippen LogP contribution in [0.3, 0.4) is 0 Å². The number of aliphatic hydroxyl groups excluding tert-OH is 1. The quantitative estimate of drug-likeness (QED) is 0.347. The van der Waals surface area contributed by atoms with Crippen molar-refractivity contribution in [3.63, 3.8) is 0 Å². The normalized spacial score (nSPS) is 12.0. The Morgan fingerprint density at radius 1 is 0.875 bits per heavy atom. The Bertz CT molecular complexity index is 146. The van der Waals surface area contributed by atoms with E-state index in [0.717, 1.165) is 38.9 Å². The SMILES string of the molecule is C[Si](C)(C)CCOCOCCCCCCO. The molecule has 0 amide bonds. The number of aliphatic hydroxyl groups is 1. The lowest BCUT2D eigenvalue weighted by atomic mass is 10.2. The molecule has 0 bridgehead atoms. The molecule has 0 radical (unpaired) electrons. The Labute approximate surface area is 101 Å². The van der Waals surface area contributed by atoms with Crippen LogP contribution >= 0.6 is 0 Å². The molecule has 0 rings (SSSR count). The van der Waals surface area contributed by atoms with Crippen molar-refractivity contribution in [3.05, 3.63) is 0 Å². The van der Waals surface area contributed by atoms with Gasteiger partial charge < -0.3 is 14.6 Å². The molecule has 0 atom stereocenters. The van der Waals surface area contributed by atoms with E-state index in [1.807, 2.05) is 0 Å². The Hall–Kier alpha value is 0.0969. The molecule has 3 nitrogen and oxygen atoms in total. The minimum Gasteiger partial charge on any atom is -0.396 e. The first kappa shape index (κ1) is 16.1. The summed E-state index contributed by atoms with van der Waals surface area (Å²) < 4.78 is 10.8. The van der Waals surface area contributed by atoms with Gasteiger partial charge in [-0.15, -0.1) is 0 Å². The standard InChI is InChI=1S/C12H28O3Si/c1-16(2,3)11-10-15-12-14-9-7-5-4-6-8-13/h13H,4-12H2,1-3H3. The van der Waals surface area contributed by atoms with E-state index >= 15 is 0 Å². The molecule has 0 aliphatic carbocycles. The van der Waals surface area contributed by atoms with E-state index in [9.17, 15) is 0 Å². The van der Waals surface area contributed by atoms with Crippen LogP contribution in [0.4, 0.5) is 0 Å². The molecule has 0 aromatic carbocycles. The van der Waals surface area contributed by atoms with E-state index in [4.69, 9.17) is 14.6 Å². The lowest BCUT2D eigenvalue weighted by Crippen LogP contribution is -2.22. The summed E-state index contributed by atoms with van der Waals surface area (Å²) in [5.41, 5.74) is 0. The van der Waals surface area contributed by atoms with Crippen LogP contribution in [-0.4, -0.2) is 39.8 Å². The van der Waals surface area contributed by atoms with Gasteiger partial charge >= 0.3 is 0 Å². The van der Waals surface area contributed by atoms with Gasteiger partial charge in [0.15, 0.2) is 0 Å². The monoisotopic (exact) mass is 248 g/mol. The molecule has 0 saturated carbocycles. The Morgan fingerprint density at radius 2 is 1.50 bits per heavy atom. The minimum atomic E-state index is -0.952. The number of ether oxygens (including phenoxy) is 2. The molecular formula is C12H28O3Si. The topological polar surface area (TPSA) is 38.7 Å². The maximum atomic E-state index is 8.58. The van der Waals surface area contributed by atoms with Gasteiger partial charge in [-0.1, -0.05) is 32.5 Å². The summed E-state index contributed by atoms with van der Waals surface area (Å²) in [4.78, 5) is 0. The van der Waals surface area contributed by atoms with E-state index in [2.05, 4.69) is 19.6 Å². The van der Waals surface area contributed by atoms with Gasteiger partial charge in [-0.05, 0) is 18.9 Å². The van der Waals surface area contributed by atoms with Gasteiger partial charge in [0.1, 0.15) is 6.79 Å². The fourth-order valence-electron chi connectivity index (χ4n) is 1.22. The van der Waals surface area contributed by atoms with Gasteiger partial charge in [0.2, 0.25) is 0 Å². The molecule has 4 heteroatoms. The summed E-state index contributed by atoms with van der Waals surface area (Å²) in [5, 5.41) is 8.58. The van der Waals surface area contributed by atoms with Crippen LogP contribution in [0.1, 0.15) is 25.7 Å². The molecule has 0 unspecified atom stereocenters. The van der Waals surface area contributed by atoms with Gasteiger partial charge in [0.25, 0.3) is 0 Å². The molecule has 0 aliphatic rings. The summed E-state index contributed by atoms with van der Waals surface area (Å²) in [5.74, 6) is 0. The number of unbranched alkanes of at least 4 members (excludes halogenated alkanes) is 3. The van der Waals surface area contributed by atoms with Crippen molar-refractivity contribution >= 4 is 8.07 Å². The lowest BCUT2D eigenvalue weighted by molar-refractivity contribution is -0.0504. The first-order valence-corrected chi connectivity index (χ1v) is 10.0. The fourth-order valence-corrected chi connectivity index (χ4v) is 1.98. The first-order valence-electron chi connectivity index (χ1n) is 6.32. The molecule has 0 spiro atoms. The molecule has 0 fully saturated rings. The highest BCUT2D eigenvalue weighted by Gasteiger charge is 2.11. The van der Waals surface area contributed by atoms with Gasteiger partial charge in [-0.25, -0.2) is 0 Å². The summed E-state index contributed by atoms with van der Waals surface area (Å²) in [6.45, 7) is 9.39. The summed E-state index contributed by atoms with van der Waals surface area (Å²) in [6.07, 6.45) is 4.20. The van der Waals surface area contributed by atoms with Gasteiger partial charge in [0, 0.05) is 27.9 Å². The van der Waals surface area contributed by atoms with Gasteiger partial charge in [-0.3, -0.25) is 0 Å². The van der Waals surface area contributed by atoms with Gasteiger partial charge in [-0.2, -0.15) is 0 Å². The second kappa shape index (κ2) is 10.3. The zero-order valence-corrected chi connectivity index (χ0v) is 12.1. The van der Waals surface area contributed by atoms with E-state index < -0.39 is 8.07 Å². The van der Waals surface area contributed by atoms with Crippen LogP contribution < -0.4 is 0 Å². The zero-order valence-electron chi connectivity index (χ0n) is 11.1. The maximum Gasteiger partial charge on any atom is 0.146 e. The largest absolute Gasteiger partial charge is 0.396 e. The van der Waals surface area contributed by atoms with E-state index in [1.54, 1.807) is 0 Å². The summed E-state index contributed by atoms with van der Waals surface area (Å²) >= 11 is 0. The van der Waals surface area contributed by atoms with Gasteiger partial charge in [0.05, 0.1) is 0 Å². The third-order valence-electron chi connectivity index (χ3n) is 2.36. The Kier molecular flexibility index (Phi) is 10.3.